The first-order chi connectivity index (χ1) is 12.3. The third-order valence-electron chi connectivity index (χ3n) is 3.75. The van der Waals surface area contributed by atoms with Crippen molar-refractivity contribution in [2.24, 2.45) is 7.05 Å². The minimum atomic E-state index is -3.67. The Bertz CT molecular complexity index is 957. The van der Waals surface area contributed by atoms with E-state index in [2.05, 4.69) is 30.2 Å². The summed E-state index contributed by atoms with van der Waals surface area (Å²) in [4.78, 5) is 16.8. The molecule has 0 bridgehead atoms. The highest BCUT2D eigenvalue weighted by Crippen LogP contribution is 2.44. The highest BCUT2D eigenvalue weighted by molar-refractivity contribution is 7.22. The first-order valence-corrected chi connectivity index (χ1v) is 8.33. The molecule has 3 heterocycles. The number of carbonyl (C=O) groups excluding carboxylic acids is 1. The Kier molecular flexibility index (Phi) is 3.77. The second-order valence-electron chi connectivity index (χ2n) is 5.61. The lowest BCUT2D eigenvalue weighted by atomic mass is 10.1. The van der Waals surface area contributed by atoms with Crippen molar-refractivity contribution >= 4 is 32.6 Å². The summed E-state index contributed by atoms with van der Waals surface area (Å²) < 4.78 is 37.2. The lowest BCUT2D eigenvalue weighted by molar-refractivity contribution is -0.286. The van der Waals surface area contributed by atoms with E-state index in [4.69, 9.17) is 0 Å². The SMILES string of the molecule is CNC(C(=O)Nc1nc2cc3c(cc2s1)OC(F)(F)O3)c1cnn(C)c1. The molecule has 4 rings (SSSR count). The smallest absolute Gasteiger partial charge is 0.395 e. The number of anilines is 1. The number of benzene rings is 1. The number of hydrogen-bond donors (Lipinski definition) is 2. The predicted octanol–water partition coefficient (Wildman–Crippen LogP) is 2.25. The average molecular weight is 381 g/mol. The predicted molar refractivity (Wildman–Crippen MR) is 89.5 cm³/mol. The zero-order valence-corrected chi connectivity index (χ0v) is 14.4. The number of nitrogens with one attached hydrogen (secondary N) is 2. The second kappa shape index (κ2) is 5.88. The van der Waals surface area contributed by atoms with Gasteiger partial charge in [0.2, 0.25) is 5.91 Å². The number of hydrogen-bond acceptors (Lipinski definition) is 7. The zero-order chi connectivity index (χ0) is 18.5. The fourth-order valence-corrected chi connectivity index (χ4v) is 3.52. The molecule has 0 fully saturated rings. The third-order valence-corrected chi connectivity index (χ3v) is 4.68. The van der Waals surface area contributed by atoms with E-state index >= 15 is 0 Å². The molecule has 26 heavy (non-hydrogen) atoms. The molecule has 1 amide bonds. The number of aryl methyl sites for hydroxylation is 1. The van der Waals surface area contributed by atoms with Crippen LogP contribution in [0.25, 0.3) is 10.2 Å². The Hall–Kier alpha value is -2.79. The summed E-state index contributed by atoms with van der Waals surface area (Å²) in [5.41, 5.74) is 1.13. The van der Waals surface area contributed by atoms with Gasteiger partial charge in [-0.2, -0.15) is 5.10 Å². The summed E-state index contributed by atoms with van der Waals surface area (Å²) in [6, 6.07) is 2.16. The molecule has 8 nitrogen and oxygen atoms in total. The molecular weight excluding hydrogens is 368 g/mol. The van der Waals surface area contributed by atoms with E-state index < -0.39 is 12.3 Å². The largest absolute Gasteiger partial charge is 0.586 e. The zero-order valence-electron chi connectivity index (χ0n) is 13.6. The Morgan fingerprint density at radius 3 is 2.73 bits per heavy atom. The van der Waals surface area contributed by atoms with Gasteiger partial charge in [-0.3, -0.25) is 9.48 Å². The number of halogens is 2. The van der Waals surface area contributed by atoms with Crippen molar-refractivity contribution in [2.45, 2.75) is 12.3 Å². The van der Waals surface area contributed by atoms with E-state index in [0.29, 0.717) is 20.9 Å². The number of nitrogens with zero attached hydrogens (tertiary/aromatic N) is 3. The van der Waals surface area contributed by atoms with Crippen molar-refractivity contribution in [1.29, 1.82) is 0 Å². The van der Waals surface area contributed by atoms with Crippen molar-refractivity contribution in [1.82, 2.24) is 20.1 Å². The van der Waals surface area contributed by atoms with E-state index in [1.807, 2.05) is 0 Å². The van der Waals surface area contributed by atoms with Crippen molar-refractivity contribution in [3.05, 3.63) is 30.1 Å². The van der Waals surface area contributed by atoms with Crippen LogP contribution in [-0.2, 0) is 11.8 Å². The molecule has 1 aliphatic rings. The first-order valence-electron chi connectivity index (χ1n) is 7.52. The van der Waals surface area contributed by atoms with E-state index in [0.717, 1.165) is 11.3 Å². The van der Waals surface area contributed by atoms with Gasteiger partial charge in [0.05, 0.1) is 16.4 Å². The molecule has 3 aromatic rings. The van der Waals surface area contributed by atoms with Gasteiger partial charge in [0.25, 0.3) is 0 Å². The molecule has 1 atom stereocenters. The minimum absolute atomic E-state index is 0.0625. The maximum Gasteiger partial charge on any atom is 0.586 e. The Morgan fingerprint density at radius 2 is 2.08 bits per heavy atom. The Balaban J connectivity index is 1.57. The molecule has 0 saturated heterocycles. The number of alkyl halides is 2. The summed E-state index contributed by atoms with van der Waals surface area (Å²) >= 11 is 1.15. The van der Waals surface area contributed by atoms with Gasteiger partial charge in [0, 0.05) is 30.9 Å². The quantitative estimate of drug-likeness (QED) is 0.721. The summed E-state index contributed by atoms with van der Waals surface area (Å²) in [5, 5.41) is 10.0. The topological polar surface area (TPSA) is 90.3 Å². The van der Waals surface area contributed by atoms with Gasteiger partial charge >= 0.3 is 6.29 Å². The van der Waals surface area contributed by atoms with Crippen LogP contribution in [0.3, 0.4) is 0 Å². The molecule has 2 N–H and O–H groups in total. The number of rotatable bonds is 4. The molecule has 1 aliphatic heterocycles. The molecule has 0 saturated carbocycles. The van der Waals surface area contributed by atoms with Crippen molar-refractivity contribution in [3.63, 3.8) is 0 Å². The van der Waals surface area contributed by atoms with E-state index in [-0.39, 0.29) is 17.4 Å². The maximum absolute atomic E-state index is 13.1. The van der Waals surface area contributed by atoms with Crippen LogP contribution in [0.5, 0.6) is 11.5 Å². The summed E-state index contributed by atoms with van der Waals surface area (Å²) in [7, 11) is 3.42. The molecule has 136 valence electrons. The van der Waals surface area contributed by atoms with E-state index in [9.17, 15) is 13.6 Å². The van der Waals surface area contributed by atoms with E-state index in [1.165, 1.54) is 12.1 Å². The van der Waals surface area contributed by atoms with Crippen LogP contribution in [-0.4, -0.2) is 34.0 Å². The monoisotopic (exact) mass is 381 g/mol. The van der Waals surface area contributed by atoms with E-state index in [1.54, 1.807) is 31.2 Å². The highest BCUT2D eigenvalue weighted by Gasteiger charge is 2.43. The van der Waals surface area contributed by atoms with Gasteiger partial charge < -0.3 is 20.1 Å². The molecule has 1 unspecified atom stereocenters. The summed E-state index contributed by atoms with van der Waals surface area (Å²) in [6.07, 6.45) is -0.344. The fourth-order valence-electron chi connectivity index (χ4n) is 2.64. The highest BCUT2D eigenvalue weighted by atomic mass is 32.1. The summed E-state index contributed by atoms with van der Waals surface area (Å²) in [5.74, 6) is -0.465. The van der Waals surface area contributed by atoms with Crippen LogP contribution < -0.4 is 20.1 Å². The molecule has 1 aromatic carbocycles. The molecule has 0 radical (unpaired) electrons. The number of aromatic nitrogens is 3. The lowest BCUT2D eigenvalue weighted by Gasteiger charge is -2.12. The first kappa shape index (κ1) is 16.7. The number of thiazole rings is 1. The van der Waals surface area contributed by atoms with Crippen LogP contribution in [0.2, 0.25) is 0 Å². The maximum atomic E-state index is 13.1. The number of likely N-dealkylation sites (N-methyl/N-ethyl adjacent to an activating group) is 1. The number of ether oxygens (including phenoxy) is 2. The number of carbonyl (C=O) groups is 1. The molecule has 11 heteroatoms. The number of fused-ring (bicyclic) bond motifs is 2. The van der Waals surface area contributed by atoms with Gasteiger partial charge in [-0.05, 0) is 7.05 Å². The Morgan fingerprint density at radius 1 is 1.35 bits per heavy atom. The van der Waals surface area contributed by atoms with Crippen LogP contribution in [0.4, 0.5) is 13.9 Å². The van der Waals surface area contributed by atoms with Gasteiger partial charge in [-0.25, -0.2) is 4.98 Å². The molecule has 2 aromatic heterocycles. The fraction of sp³-hybridized carbons (Fsp3) is 0.267. The van der Waals surface area contributed by atoms with Crippen molar-refractivity contribution in [2.75, 3.05) is 12.4 Å². The van der Waals surface area contributed by atoms with Crippen LogP contribution in [0.15, 0.2) is 24.5 Å². The van der Waals surface area contributed by atoms with Gasteiger partial charge in [0.15, 0.2) is 16.6 Å². The molecule has 0 spiro atoms. The van der Waals surface area contributed by atoms with Crippen LogP contribution >= 0.6 is 11.3 Å². The molecule has 0 aliphatic carbocycles. The molecular formula is C15H13F2N5O3S. The summed E-state index contributed by atoms with van der Waals surface area (Å²) in [6.45, 7) is 0. The average Bonchev–Trinajstić information content (AvgIpc) is 3.20. The normalized spacial score (nSPS) is 16.0. The number of amides is 1. The van der Waals surface area contributed by atoms with Crippen molar-refractivity contribution in [3.8, 4) is 11.5 Å². The van der Waals surface area contributed by atoms with Gasteiger partial charge in [-0.1, -0.05) is 11.3 Å². The van der Waals surface area contributed by atoms with Crippen LogP contribution in [0.1, 0.15) is 11.6 Å². The van der Waals surface area contributed by atoms with Crippen molar-refractivity contribution < 1.29 is 23.0 Å². The Labute approximate surface area is 149 Å². The standard InChI is InChI=1S/C15H13F2N5O3S/c1-18-12(7-5-19-22(2)6-7)13(23)21-14-20-8-3-9-10(4-11(8)26-14)25-15(16,17)24-9/h3-6,12,18H,1-2H3,(H,20,21,23). The minimum Gasteiger partial charge on any atom is -0.395 e. The third kappa shape index (κ3) is 2.95. The lowest BCUT2D eigenvalue weighted by Crippen LogP contribution is -2.30. The van der Waals surface area contributed by atoms with Gasteiger partial charge in [-0.15, -0.1) is 8.78 Å². The van der Waals surface area contributed by atoms with Crippen LogP contribution in [0, 0.1) is 0 Å². The van der Waals surface area contributed by atoms with Gasteiger partial charge in [0.1, 0.15) is 6.04 Å². The second-order valence-corrected chi connectivity index (χ2v) is 6.64.